The highest BCUT2D eigenvalue weighted by molar-refractivity contribution is 5.89. The van der Waals surface area contributed by atoms with Crippen molar-refractivity contribution in [3.63, 3.8) is 0 Å². The van der Waals surface area contributed by atoms with E-state index in [0.717, 1.165) is 38.3 Å². The summed E-state index contributed by atoms with van der Waals surface area (Å²) >= 11 is 0. The molecule has 0 saturated carbocycles. The third-order valence-corrected chi connectivity index (χ3v) is 5.90. The average Bonchev–Trinajstić information content (AvgIpc) is 2.90. The van der Waals surface area contributed by atoms with Crippen LogP contribution >= 0.6 is 0 Å². The summed E-state index contributed by atoms with van der Waals surface area (Å²) in [6.07, 6.45) is 1.12. The molecule has 1 aliphatic rings. The number of nitro groups is 1. The van der Waals surface area contributed by atoms with E-state index in [1.165, 1.54) is 11.1 Å². The van der Waals surface area contributed by atoms with E-state index in [1.807, 2.05) is 6.07 Å². The SMILES string of the molecule is O=C(O)C=CC(=O)O.O=[N+]([O-])c1cccc(CN2CCN(C(c3ccccc3)c3ccccc3)CC2)c1. The molecule has 37 heavy (non-hydrogen) atoms. The second kappa shape index (κ2) is 13.7. The van der Waals surface area contributed by atoms with Crippen molar-refractivity contribution < 1.29 is 24.7 Å². The Bertz CT molecular complexity index is 1150. The van der Waals surface area contributed by atoms with E-state index in [1.54, 1.807) is 18.2 Å². The van der Waals surface area contributed by atoms with Gasteiger partial charge >= 0.3 is 11.9 Å². The summed E-state index contributed by atoms with van der Waals surface area (Å²) < 4.78 is 0. The number of benzene rings is 3. The van der Waals surface area contributed by atoms with Gasteiger partial charge in [-0.25, -0.2) is 9.59 Å². The third-order valence-electron chi connectivity index (χ3n) is 5.90. The van der Waals surface area contributed by atoms with Crippen LogP contribution in [-0.4, -0.2) is 63.1 Å². The number of carbonyl (C=O) groups is 2. The normalized spacial score (nSPS) is 14.2. The van der Waals surface area contributed by atoms with Crippen LogP contribution in [0.1, 0.15) is 22.7 Å². The molecule has 3 aromatic rings. The van der Waals surface area contributed by atoms with Crippen LogP contribution < -0.4 is 0 Å². The molecule has 0 atom stereocenters. The third kappa shape index (κ3) is 8.68. The lowest BCUT2D eigenvalue weighted by Crippen LogP contribution is -2.47. The van der Waals surface area contributed by atoms with Gasteiger partial charge in [-0.15, -0.1) is 0 Å². The number of rotatable bonds is 8. The Morgan fingerprint density at radius 3 is 1.78 bits per heavy atom. The molecule has 2 N–H and O–H groups in total. The van der Waals surface area contributed by atoms with Gasteiger partial charge in [-0.1, -0.05) is 72.8 Å². The van der Waals surface area contributed by atoms with E-state index in [4.69, 9.17) is 10.2 Å². The molecule has 1 aliphatic heterocycles. The molecular formula is C28H29N3O6. The van der Waals surface area contributed by atoms with Gasteiger partial charge < -0.3 is 10.2 Å². The van der Waals surface area contributed by atoms with Gasteiger partial charge in [0.05, 0.1) is 11.0 Å². The maximum absolute atomic E-state index is 11.0. The number of piperazine rings is 1. The maximum Gasteiger partial charge on any atom is 0.328 e. The Hall–Kier alpha value is -4.34. The topological polar surface area (TPSA) is 124 Å². The molecule has 9 nitrogen and oxygen atoms in total. The number of nitro benzene ring substituents is 1. The van der Waals surface area contributed by atoms with E-state index in [9.17, 15) is 19.7 Å². The fraction of sp³-hybridized carbons (Fsp3) is 0.214. The average molecular weight is 504 g/mol. The van der Waals surface area contributed by atoms with Crippen LogP contribution in [0.4, 0.5) is 5.69 Å². The van der Waals surface area contributed by atoms with Crippen LogP contribution in [0, 0.1) is 10.1 Å². The number of nitrogens with zero attached hydrogens (tertiary/aromatic N) is 3. The zero-order chi connectivity index (χ0) is 26.6. The number of hydrogen-bond donors (Lipinski definition) is 2. The summed E-state index contributed by atoms with van der Waals surface area (Å²) in [7, 11) is 0. The minimum absolute atomic E-state index is 0.161. The Morgan fingerprint density at radius 2 is 1.32 bits per heavy atom. The second-order valence-corrected chi connectivity index (χ2v) is 8.47. The lowest BCUT2D eigenvalue weighted by atomic mass is 9.96. The fourth-order valence-corrected chi connectivity index (χ4v) is 4.23. The monoisotopic (exact) mass is 503 g/mol. The molecule has 0 aliphatic carbocycles. The zero-order valence-electron chi connectivity index (χ0n) is 20.2. The number of carboxylic acids is 2. The highest BCUT2D eigenvalue weighted by Gasteiger charge is 2.26. The molecule has 0 bridgehead atoms. The van der Waals surface area contributed by atoms with E-state index in [2.05, 4.69) is 70.5 Å². The van der Waals surface area contributed by atoms with Crippen LogP contribution in [0.25, 0.3) is 0 Å². The van der Waals surface area contributed by atoms with Crippen molar-refractivity contribution >= 4 is 17.6 Å². The molecule has 0 radical (unpaired) electrons. The highest BCUT2D eigenvalue weighted by atomic mass is 16.6. The summed E-state index contributed by atoms with van der Waals surface area (Å²) in [6.45, 7) is 4.56. The second-order valence-electron chi connectivity index (χ2n) is 8.47. The smallest absolute Gasteiger partial charge is 0.328 e. The van der Waals surface area contributed by atoms with Gasteiger partial charge in [-0.05, 0) is 16.7 Å². The van der Waals surface area contributed by atoms with Crippen molar-refractivity contribution in [3.05, 3.63) is 124 Å². The van der Waals surface area contributed by atoms with E-state index < -0.39 is 11.9 Å². The Kier molecular flexibility index (Phi) is 10.1. The minimum Gasteiger partial charge on any atom is -0.478 e. The van der Waals surface area contributed by atoms with Crippen molar-refractivity contribution in [1.82, 2.24) is 9.80 Å². The first-order valence-electron chi connectivity index (χ1n) is 11.8. The quantitative estimate of drug-likeness (QED) is 0.266. The predicted molar refractivity (Wildman–Crippen MR) is 139 cm³/mol. The molecule has 0 unspecified atom stereocenters. The van der Waals surface area contributed by atoms with Crippen molar-refractivity contribution in [2.75, 3.05) is 26.2 Å². The first-order valence-corrected chi connectivity index (χ1v) is 11.8. The van der Waals surface area contributed by atoms with Crippen molar-refractivity contribution in [3.8, 4) is 0 Å². The largest absolute Gasteiger partial charge is 0.478 e. The molecule has 0 amide bonds. The van der Waals surface area contributed by atoms with Crippen LogP contribution in [0.5, 0.6) is 0 Å². The zero-order valence-corrected chi connectivity index (χ0v) is 20.2. The van der Waals surface area contributed by atoms with Crippen molar-refractivity contribution in [1.29, 1.82) is 0 Å². The molecule has 0 spiro atoms. The van der Waals surface area contributed by atoms with Crippen LogP contribution in [0.2, 0.25) is 0 Å². The van der Waals surface area contributed by atoms with Crippen molar-refractivity contribution in [2.24, 2.45) is 0 Å². The summed E-state index contributed by atoms with van der Waals surface area (Å²) in [4.78, 5) is 34.7. The van der Waals surface area contributed by atoms with E-state index in [-0.39, 0.29) is 16.7 Å². The standard InChI is InChI=1S/C24H25N3O2.C4H4O4/c28-27(29)23-13-7-8-20(18-23)19-25-14-16-26(17-15-25)24(21-9-3-1-4-10-21)22-11-5-2-6-12-22;5-3(6)1-2-4(7)8/h1-13,18,24H,14-17,19H2;1-2H,(H,5,6)(H,7,8). The van der Waals surface area contributed by atoms with Gasteiger partial charge in [0.15, 0.2) is 0 Å². The lowest BCUT2D eigenvalue weighted by Gasteiger charge is -2.39. The molecule has 4 rings (SSSR count). The van der Waals surface area contributed by atoms with Crippen LogP contribution in [0.15, 0.2) is 97.1 Å². The minimum atomic E-state index is -1.26. The summed E-state index contributed by atoms with van der Waals surface area (Å²) in [5.74, 6) is -2.51. The van der Waals surface area contributed by atoms with Gasteiger partial charge in [0.1, 0.15) is 0 Å². The molecule has 3 aromatic carbocycles. The maximum atomic E-state index is 11.0. The Labute approximate surface area is 215 Å². The highest BCUT2D eigenvalue weighted by Crippen LogP contribution is 2.29. The van der Waals surface area contributed by atoms with Gasteiger partial charge in [0.25, 0.3) is 5.69 Å². The Morgan fingerprint density at radius 1 is 0.811 bits per heavy atom. The number of non-ortho nitro benzene ring substituents is 1. The lowest BCUT2D eigenvalue weighted by molar-refractivity contribution is -0.384. The number of aliphatic carboxylic acids is 2. The Balaban J connectivity index is 0.000000414. The molecule has 0 aromatic heterocycles. The molecule has 9 heteroatoms. The first kappa shape index (κ1) is 27.3. The van der Waals surface area contributed by atoms with Crippen molar-refractivity contribution in [2.45, 2.75) is 12.6 Å². The molecule has 1 fully saturated rings. The number of hydrogen-bond acceptors (Lipinski definition) is 6. The molecule has 1 saturated heterocycles. The van der Waals surface area contributed by atoms with Gasteiger partial charge in [0.2, 0.25) is 0 Å². The number of carboxylic acid groups (broad SMARTS) is 2. The molecular weight excluding hydrogens is 474 g/mol. The molecule has 192 valence electrons. The molecule has 1 heterocycles. The van der Waals surface area contributed by atoms with E-state index in [0.29, 0.717) is 12.2 Å². The first-order chi connectivity index (χ1) is 17.8. The van der Waals surface area contributed by atoms with Crippen LogP contribution in [0.3, 0.4) is 0 Å². The fourth-order valence-electron chi connectivity index (χ4n) is 4.23. The van der Waals surface area contributed by atoms with Gasteiger partial charge in [-0.3, -0.25) is 19.9 Å². The summed E-state index contributed by atoms with van der Waals surface area (Å²) in [5, 5.41) is 26.6. The van der Waals surface area contributed by atoms with Crippen LogP contribution in [-0.2, 0) is 16.1 Å². The summed E-state index contributed by atoms with van der Waals surface area (Å²) in [5.41, 5.74) is 3.78. The predicted octanol–water partition coefficient (Wildman–Crippen LogP) is 4.21. The summed E-state index contributed by atoms with van der Waals surface area (Å²) in [6, 6.07) is 28.5. The van der Waals surface area contributed by atoms with E-state index >= 15 is 0 Å². The van der Waals surface area contributed by atoms with Gasteiger partial charge in [-0.2, -0.15) is 0 Å². The van der Waals surface area contributed by atoms with Gasteiger partial charge in [0, 0.05) is 57.0 Å².